The molecule has 64 valence electrons. The number of aliphatic carboxylic acids is 1. The van der Waals surface area contributed by atoms with Gasteiger partial charge in [0.1, 0.15) is 11.9 Å². The summed E-state index contributed by atoms with van der Waals surface area (Å²) in [5.74, 6) is -0.910. The second-order valence-corrected chi connectivity index (χ2v) is 2.29. The fourth-order valence-corrected chi connectivity index (χ4v) is 0.804. The summed E-state index contributed by atoms with van der Waals surface area (Å²) in [6.45, 7) is 0. The van der Waals surface area contributed by atoms with Crippen molar-refractivity contribution in [3.8, 4) is 0 Å². The van der Waals surface area contributed by atoms with Crippen LogP contribution >= 0.6 is 0 Å². The summed E-state index contributed by atoms with van der Waals surface area (Å²) in [5, 5.41) is 19.2. The maximum Gasteiger partial charge on any atom is 0.303 e. The molecule has 0 saturated heterocycles. The Morgan fingerprint density at radius 2 is 2.50 bits per heavy atom. The molecule has 0 amide bonds. The summed E-state index contributed by atoms with van der Waals surface area (Å²) < 4.78 is 0.572. The van der Waals surface area contributed by atoms with E-state index in [0.29, 0.717) is 10.4 Å². The van der Waals surface area contributed by atoms with Crippen LogP contribution in [0.4, 0.5) is 0 Å². The number of aryl methyl sites for hydroxylation is 1. The minimum atomic E-state index is -0.910. The second kappa shape index (κ2) is 3.66. The molecule has 0 radical (unpaired) electrons. The summed E-state index contributed by atoms with van der Waals surface area (Å²) in [6, 6.07) is 1.51. The Morgan fingerprint density at radius 1 is 1.75 bits per heavy atom. The van der Waals surface area contributed by atoms with Gasteiger partial charge < -0.3 is 10.3 Å². The first-order chi connectivity index (χ1) is 5.70. The van der Waals surface area contributed by atoms with Crippen molar-refractivity contribution in [1.82, 2.24) is 4.98 Å². The Morgan fingerprint density at radius 3 is 3.08 bits per heavy atom. The highest BCUT2D eigenvalue weighted by molar-refractivity contribution is 5.66. The normalized spacial score (nSPS) is 9.67. The first-order valence-corrected chi connectivity index (χ1v) is 3.44. The smallest absolute Gasteiger partial charge is 0.303 e. The highest BCUT2D eigenvalue weighted by Gasteiger charge is 2.03. The van der Waals surface area contributed by atoms with E-state index in [-0.39, 0.29) is 12.8 Å². The van der Waals surface area contributed by atoms with Crippen LogP contribution in [-0.2, 0) is 11.2 Å². The average molecular weight is 168 g/mol. The minimum absolute atomic E-state index is 0.0355. The average Bonchev–Trinajstić information content (AvgIpc) is 2.03. The highest BCUT2D eigenvalue weighted by atomic mass is 16.5. The molecule has 12 heavy (non-hydrogen) atoms. The van der Waals surface area contributed by atoms with Gasteiger partial charge in [0, 0.05) is 12.5 Å². The summed E-state index contributed by atoms with van der Waals surface area (Å²) in [5.41, 5.74) is 0.424. The number of hydrogen-bond acceptors (Lipinski definition) is 3. The van der Waals surface area contributed by atoms with Crippen LogP contribution in [0, 0.1) is 5.21 Å². The molecule has 0 fully saturated rings. The van der Waals surface area contributed by atoms with Crippen molar-refractivity contribution in [2.75, 3.05) is 0 Å². The van der Waals surface area contributed by atoms with Crippen molar-refractivity contribution in [3.05, 3.63) is 29.5 Å². The third-order valence-electron chi connectivity index (χ3n) is 1.40. The van der Waals surface area contributed by atoms with E-state index >= 15 is 0 Å². The van der Waals surface area contributed by atoms with Gasteiger partial charge in [0.15, 0.2) is 0 Å². The van der Waals surface area contributed by atoms with Crippen LogP contribution in [0.15, 0.2) is 18.6 Å². The predicted octanol–water partition coefficient (Wildman–Crippen LogP) is -0.268. The van der Waals surface area contributed by atoms with Crippen molar-refractivity contribution < 1.29 is 14.6 Å². The molecular formula is C7H8N2O3. The van der Waals surface area contributed by atoms with Crippen molar-refractivity contribution >= 4 is 5.97 Å². The van der Waals surface area contributed by atoms with Crippen LogP contribution in [0.5, 0.6) is 0 Å². The molecule has 0 aliphatic rings. The second-order valence-electron chi connectivity index (χ2n) is 2.29. The van der Waals surface area contributed by atoms with Gasteiger partial charge in [-0.1, -0.05) is 4.98 Å². The summed E-state index contributed by atoms with van der Waals surface area (Å²) >= 11 is 0. The van der Waals surface area contributed by atoms with Crippen LogP contribution in [0.3, 0.4) is 0 Å². The van der Waals surface area contributed by atoms with Crippen LogP contribution in [-0.4, -0.2) is 16.1 Å². The first-order valence-electron chi connectivity index (χ1n) is 3.44. The van der Waals surface area contributed by atoms with Crippen molar-refractivity contribution in [2.45, 2.75) is 12.8 Å². The van der Waals surface area contributed by atoms with Gasteiger partial charge >= 0.3 is 5.97 Å². The quantitative estimate of drug-likeness (QED) is 0.498. The number of nitrogens with zero attached hydrogens (tertiary/aromatic N) is 2. The molecule has 5 nitrogen and oxygen atoms in total. The largest absolute Gasteiger partial charge is 0.711 e. The van der Waals surface area contributed by atoms with E-state index in [1.54, 1.807) is 0 Å². The van der Waals surface area contributed by atoms with E-state index in [2.05, 4.69) is 4.98 Å². The van der Waals surface area contributed by atoms with Gasteiger partial charge in [-0.2, -0.15) is 0 Å². The Labute approximate surface area is 68.9 Å². The lowest BCUT2D eigenvalue weighted by Gasteiger charge is -2.04. The van der Waals surface area contributed by atoms with Gasteiger partial charge in [-0.3, -0.25) is 4.79 Å². The molecule has 5 heteroatoms. The van der Waals surface area contributed by atoms with Gasteiger partial charge in [-0.05, 0) is 0 Å². The van der Waals surface area contributed by atoms with Crippen molar-refractivity contribution in [2.24, 2.45) is 0 Å². The third-order valence-corrected chi connectivity index (χ3v) is 1.40. The van der Waals surface area contributed by atoms with E-state index in [1.165, 1.54) is 12.3 Å². The van der Waals surface area contributed by atoms with E-state index in [1.807, 2.05) is 0 Å². The monoisotopic (exact) mass is 168 g/mol. The standard InChI is InChI=1S/C7H8N2O3/c10-7(11)2-1-6-3-4-8-5-9(6)12/h3-5H,1-2H2,(H,10,11). The van der Waals surface area contributed by atoms with Gasteiger partial charge in [0.25, 0.3) is 6.33 Å². The molecule has 0 aliphatic carbocycles. The molecule has 1 aromatic rings. The molecule has 1 aromatic heterocycles. The fraction of sp³-hybridized carbons (Fsp3) is 0.286. The number of carboxylic acid groups (broad SMARTS) is 1. The number of aromatic nitrogens is 2. The summed E-state index contributed by atoms with van der Waals surface area (Å²) in [7, 11) is 0. The molecule has 1 N–H and O–H groups in total. The molecule has 1 heterocycles. The first kappa shape index (κ1) is 8.45. The molecule has 1 rings (SSSR count). The Bertz CT molecular complexity index is 288. The molecule has 0 bridgehead atoms. The number of hydrogen-bond donors (Lipinski definition) is 1. The molecule has 0 spiro atoms. The van der Waals surface area contributed by atoms with Crippen molar-refractivity contribution in [1.29, 1.82) is 0 Å². The zero-order valence-electron chi connectivity index (χ0n) is 6.30. The lowest BCUT2D eigenvalue weighted by atomic mass is 10.2. The molecule has 0 atom stereocenters. The lowest BCUT2D eigenvalue weighted by Crippen LogP contribution is -2.32. The zero-order valence-corrected chi connectivity index (χ0v) is 6.30. The molecule has 0 aliphatic heterocycles. The van der Waals surface area contributed by atoms with E-state index in [9.17, 15) is 10.0 Å². The van der Waals surface area contributed by atoms with Crippen LogP contribution < -0.4 is 4.73 Å². The summed E-state index contributed by atoms with van der Waals surface area (Å²) in [4.78, 5) is 13.7. The van der Waals surface area contributed by atoms with Gasteiger partial charge in [0.2, 0.25) is 0 Å². The molecule has 0 aromatic carbocycles. The fourth-order valence-electron chi connectivity index (χ4n) is 0.804. The van der Waals surface area contributed by atoms with Gasteiger partial charge in [-0.25, -0.2) is 4.73 Å². The number of carboxylic acids is 1. The Kier molecular flexibility index (Phi) is 2.57. The van der Waals surface area contributed by atoms with Crippen LogP contribution in [0.2, 0.25) is 0 Å². The molecule has 0 unspecified atom stereocenters. The molecular weight excluding hydrogens is 160 g/mol. The maximum absolute atomic E-state index is 10.9. The van der Waals surface area contributed by atoms with Gasteiger partial charge in [0.05, 0.1) is 6.42 Å². The third kappa shape index (κ3) is 2.19. The maximum atomic E-state index is 10.9. The van der Waals surface area contributed by atoms with Gasteiger partial charge in [-0.15, -0.1) is 0 Å². The van der Waals surface area contributed by atoms with E-state index in [4.69, 9.17) is 5.11 Å². The topological polar surface area (TPSA) is 77.1 Å². The Balaban J connectivity index is 2.63. The minimum Gasteiger partial charge on any atom is -0.711 e. The van der Waals surface area contributed by atoms with Crippen LogP contribution in [0.1, 0.15) is 12.1 Å². The lowest BCUT2D eigenvalue weighted by molar-refractivity contribution is -0.617. The predicted molar refractivity (Wildman–Crippen MR) is 39.2 cm³/mol. The van der Waals surface area contributed by atoms with E-state index < -0.39 is 5.97 Å². The van der Waals surface area contributed by atoms with E-state index in [0.717, 1.165) is 6.33 Å². The zero-order chi connectivity index (χ0) is 8.97. The number of carbonyl (C=O) groups is 1. The molecule has 0 saturated carbocycles. The highest BCUT2D eigenvalue weighted by Crippen LogP contribution is 1.94. The summed E-state index contributed by atoms with van der Waals surface area (Å²) in [6.07, 6.45) is 2.77. The van der Waals surface area contributed by atoms with Crippen LogP contribution in [0.25, 0.3) is 0 Å². The number of rotatable bonds is 3. The van der Waals surface area contributed by atoms with Crippen molar-refractivity contribution in [3.63, 3.8) is 0 Å². The Hall–Kier alpha value is -1.65. The SMILES string of the molecule is O=C(O)CCc1ccnc[n+]1[O-].